The molecule has 0 N–H and O–H groups in total. The summed E-state index contributed by atoms with van der Waals surface area (Å²) in [6, 6.07) is 8.64. The molecule has 0 saturated heterocycles. The average Bonchev–Trinajstić information content (AvgIpc) is 2.59. The molecule has 1 radical (unpaired) electrons. The van der Waals surface area contributed by atoms with Crippen molar-refractivity contribution in [2.24, 2.45) is 0 Å². The highest BCUT2D eigenvalue weighted by Crippen LogP contribution is 2.18. The topological polar surface area (TPSA) is 0 Å². The Kier molecular flexibility index (Phi) is 12.9. The molecule has 0 aliphatic carbocycles. The molecule has 0 aliphatic rings. The molecule has 137 valence electrons. The van der Waals surface area contributed by atoms with E-state index in [0.29, 0.717) is 0 Å². The monoisotopic (exact) mass is 329 g/mol. The van der Waals surface area contributed by atoms with E-state index in [9.17, 15) is 0 Å². The summed E-state index contributed by atoms with van der Waals surface area (Å²) in [5, 5.41) is 0. The lowest BCUT2D eigenvalue weighted by atomic mass is 9.95. The van der Waals surface area contributed by atoms with Gasteiger partial charge in [-0.05, 0) is 61.3 Å². The van der Waals surface area contributed by atoms with Crippen molar-refractivity contribution in [3.05, 3.63) is 34.9 Å². The summed E-state index contributed by atoms with van der Waals surface area (Å²) >= 11 is 0. The summed E-state index contributed by atoms with van der Waals surface area (Å²) in [5.74, 6) is 0. The Bertz CT molecular complexity index is 330. The maximum atomic E-state index is 3.74. The first-order chi connectivity index (χ1) is 11.8. The number of hydrogen-bond donors (Lipinski definition) is 0. The molecule has 0 atom stereocenters. The fourth-order valence-corrected chi connectivity index (χ4v) is 3.42. The van der Waals surface area contributed by atoms with Gasteiger partial charge in [-0.2, -0.15) is 0 Å². The third kappa shape index (κ3) is 10.2. The molecule has 24 heavy (non-hydrogen) atoms. The van der Waals surface area contributed by atoms with E-state index in [4.69, 9.17) is 0 Å². The van der Waals surface area contributed by atoms with Crippen molar-refractivity contribution in [1.29, 1.82) is 0 Å². The van der Waals surface area contributed by atoms with Crippen LogP contribution in [0.15, 0.2) is 12.1 Å². The first kappa shape index (κ1) is 21.3. The molecule has 0 heterocycles. The lowest BCUT2D eigenvalue weighted by Gasteiger charge is -2.10. The number of unbranched alkanes of at least 4 members (excludes halogenated alkanes) is 9. The molecule has 0 nitrogen and oxygen atoms in total. The Labute approximate surface area is 152 Å². The summed E-state index contributed by atoms with van der Waals surface area (Å²) in [7, 11) is 0. The average molecular weight is 330 g/mol. The zero-order valence-electron chi connectivity index (χ0n) is 16.8. The Hall–Kier alpha value is -0.780. The van der Waals surface area contributed by atoms with Crippen molar-refractivity contribution in [2.45, 2.75) is 117 Å². The second-order valence-corrected chi connectivity index (χ2v) is 7.47. The summed E-state index contributed by atoms with van der Waals surface area (Å²) in [6.45, 7) is 6.87. The number of rotatable bonds is 15. The summed E-state index contributed by atoms with van der Waals surface area (Å²) in [5.41, 5.74) is 4.52. The van der Waals surface area contributed by atoms with Gasteiger partial charge in [0.25, 0.3) is 0 Å². The van der Waals surface area contributed by atoms with Crippen LogP contribution >= 0.6 is 0 Å². The molecule has 0 unspecified atom stereocenters. The van der Waals surface area contributed by atoms with E-state index in [2.05, 4.69) is 39.0 Å². The Balaban J connectivity index is 2.58. The van der Waals surface area contributed by atoms with Gasteiger partial charge in [-0.3, -0.25) is 0 Å². The normalized spacial score (nSPS) is 11.1. The van der Waals surface area contributed by atoms with Gasteiger partial charge in [-0.15, -0.1) is 0 Å². The van der Waals surface area contributed by atoms with Gasteiger partial charge in [0.2, 0.25) is 0 Å². The molecule has 0 bridgehead atoms. The quantitative estimate of drug-likeness (QED) is 0.287. The van der Waals surface area contributed by atoms with Gasteiger partial charge in [0.15, 0.2) is 0 Å². The van der Waals surface area contributed by atoms with Crippen LogP contribution in [0.1, 0.15) is 115 Å². The van der Waals surface area contributed by atoms with Crippen LogP contribution in [0.3, 0.4) is 0 Å². The second-order valence-electron chi connectivity index (χ2n) is 7.47. The van der Waals surface area contributed by atoms with E-state index in [0.717, 1.165) is 0 Å². The third-order valence-corrected chi connectivity index (χ3v) is 4.96. The van der Waals surface area contributed by atoms with Crippen molar-refractivity contribution in [3.8, 4) is 0 Å². The van der Waals surface area contributed by atoms with Crippen LogP contribution in [0.2, 0.25) is 0 Å². The molecule has 1 aromatic rings. The molecule has 0 amide bonds. The number of hydrogen-bond acceptors (Lipinski definition) is 0. The Morgan fingerprint density at radius 2 is 0.958 bits per heavy atom. The van der Waals surface area contributed by atoms with Crippen LogP contribution in [0.5, 0.6) is 0 Å². The number of benzene rings is 1. The van der Waals surface area contributed by atoms with Crippen LogP contribution in [0.25, 0.3) is 0 Å². The van der Waals surface area contributed by atoms with Crippen molar-refractivity contribution in [2.75, 3.05) is 0 Å². The van der Waals surface area contributed by atoms with Gasteiger partial charge in [0, 0.05) is 0 Å². The minimum absolute atomic E-state index is 1.23. The predicted octanol–water partition coefficient (Wildman–Crippen LogP) is 7.86. The van der Waals surface area contributed by atoms with Crippen molar-refractivity contribution in [3.63, 3.8) is 0 Å². The van der Waals surface area contributed by atoms with Crippen molar-refractivity contribution >= 4 is 0 Å². The van der Waals surface area contributed by atoms with Gasteiger partial charge in [-0.1, -0.05) is 90.7 Å². The lowest BCUT2D eigenvalue weighted by molar-refractivity contribution is 0.654. The van der Waals surface area contributed by atoms with Gasteiger partial charge in [0.05, 0.1) is 0 Å². The summed E-state index contributed by atoms with van der Waals surface area (Å²) in [6.07, 6.45) is 20.0. The minimum Gasteiger partial charge on any atom is -0.0654 e. The number of aryl methyl sites for hydroxylation is 3. The zero-order chi connectivity index (χ0) is 17.5. The summed E-state index contributed by atoms with van der Waals surface area (Å²) < 4.78 is 0. The molecule has 0 fully saturated rings. The predicted molar refractivity (Wildman–Crippen MR) is 109 cm³/mol. The van der Waals surface area contributed by atoms with Crippen LogP contribution in [0, 0.1) is 6.07 Å². The van der Waals surface area contributed by atoms with Gasteiger partial charge < -0.3 is 0 Å². The highest BCUT2D eigenvalue weighted by Gasteiger charge is 2.03. The van der Waals surface area contributed by atoms with E-state index >= 15 is 0 Å². The SMILES string of the molecule is CCCCCCc1[c]c(CCCCCC)cc(CCCCCC)c1. The molecular weight excluding hydrogens is 288 g/mol. The fourth-order valence-electron chi connectivity index (χ4n) is 3.42. The third-order valence-electron chi connectivity index (χ3n) is 4.96. The van der Waals surface area contributed by atoms with E-state index in [1.807, 2.05) is 0 Å². The van der Waals surface area contributed by atoms with Crippen LogP contribution < -0.4 is 0 Å². The van der Waals surface area contributed by atoms with Gasteiger partial charge in [0.1, 0.15) is 0 Å². The minimum atomic E-state index is 1.23. The van der Waals surface area contributed by atoms with E-state index in [1.54, 1.807) is 5.56 Å². The molecular formula is C24H41. The molecule has 0 spiro atoms. The maximum absolute atomic E-state index is 3.74. The first-order valence-electron chi connectivity index (χ1n) is 10.8. The largest absolute Gasteiger partial charge is 0.0654 e. The standard InChI is InChI=1S/C24H41/c1-4-7-10-13-16-22-19-23(17-14-11-8-5-2)21-24(20-22)18-15-12-9-6-3/h19-20H,4-18H2,1-3H3. The van der Waals surface area contributed by atoms with Crippen LogP contribution in [0.4, 0.5) is 0 Å². The van der Waals surface area contributed by atoms with Crippen LogP contribution in [-0.4, -0.2) is 0 Å². The molecule has 1 rings (SSSR count). The lowest BCUT2D eigenvalue weighted by Crippen LogP contribution is -1.96. The molecule has 0 aliphatic heterocycles. The second kappa shape index (κ2) is 14.6. The molecule has 0 saturated carbocycles. The highest BCUT2D eigenvalue weighted by atomic mass is 14.1. The first-order valence-corrected chi connectivity index (χ1v) is 10.8. The van der Waals surface area contributed by atoms with E-state index in [-0.39, 0.29) is 0 Å². The Morgan fingerprint density at radius 1 is 0.542 bits per heavy atom. The van der Waals surface area contributed by atoms with Gasteiger partial charge in [-0.25, -0.2) is 0 Å². The molecule has 0 aromatic heterocycles. The zero-order valence-corrected chi connectivity index (χ0v) is 16.8. The summed E-state index contributed by atoms with van der Waals surface area (Å²) in [4.78, 5) is 0. The Morgan fingerprint density at radius 3 is 1.38 bits per heavy atom. The highest BCUT2D eigenvalue weighted by molar-refractivity contribution is 5.29. The van der Waals surface area contributed by atoms with Gasteiger partial charge >= 0.3 is 0 Å². The van der Waals surface area contributed by atoms with E-state index < -0.39 is 0 Å². The van der Waals surface area contributed by atoms with Crippen molar-refractivity contribution < 1.29 is 0 Å². The fraction of sp³-hybridized carbons (Fsp3) is 0.750. The van der Waals surface area contributed by atoms with Crippen molar-refractivity contribution in [1.82, 2.24) is 0 Å². The van der Waals surface area contributed by atoms with Crippen LogP contribution in [-0.2, 0) is 19.3 Å². The molecule has 1 aromatic carbocycles. The smallest absolute Gasteiger partial charge is 0.0114 e. The van der Waals surface area contributed by atoms with E-state index in [1.165, 1.54) is 107 Å². The molecule has 0 heteroatoms. The maximum Gasteiger partial charge on any atom is -0.0114 e.